The summed E-state index contributed by atoms with van der Waals surface area (Å²) in [6.45, 7) is 2.30. The number of carbonyl (C=O) groups is 2. The number of anilines is 2. The molecule has 36 heavy (non-hydrogen) atoms. The molecule has 0 spiro atoms. The predicted molar refractivity (Wildman–Crippen MR) is 135 cm³/mol. The summed E-state index contributed by atoms with van der Waals surface area (Å²) in [5.74, 6) is 1.87. The Morgan fingerprint density at radius 2 is 2.19 bits per heavy atom. The van der Waals surface area contributed by atoms with Gasteiger partial charge in [0.05, 0.1) is 43.4 Å². The van der Waals surface area contributed by atoms with Gasteiger partial charge < -0.3 is 24.8 Å². The zero-order chi connectivity index (χ0) is 24.6. The van der Waals surface area contributed by atoms with Crippen molar-refractivity contribution >= 4 is 46.2 Å². The van der Waals surface area contributed by atoms with Gasteiger partial charge in [0.2, 0.25) is 11.8 Å². The number of rotatable bonds is 7. The maximum Gasteiger partial charge on any atom is 0.414 e. The maximum atomic E-state index is 12.5. The van der Waals surface area contributed by atoms with E-state index in [0.29, 0.717) is 37.0 Å². The minimum absolute atomic E-state index is 0.0369. The summed E-state index contributed by atoms with van der Waals surface area (Å²) in [6, 6.07) is 9.36. The first-order chi connectivity index (χ1) is 17.6. The number of nitrogens with one attached hydrogen (secondary N) is 2. The third kappa shape index (κ3) is 4.28. The van der Waals surface area contributed by atoms with Gasteiger partial charge in [0.15, 0.2) is 0 Å². The lowest BCUT2D eigenvalue weighted by molar-refractivity contribution is -0.113. The second kappa shape index (κ2) is 9.47. The van der Waals surface area contributed by atoms with Gasteiger partial charge >= 0.3 is 6.09 Å². The van der Waals surface area contributed by atoms with E-state index in [9.17, 15) is 9.59 Å². The van der Waals surface area contributed by atoms with Gasteiger partial charge in [0.25, 0.3) is 0 Å². The van der Waals surface area contributed by atoms with Crippen molar-refractivity contribution in [2.75, 3.05) is 49.3 Å². The normalized spacial score (nSPS) is 20.5. The molecule has 2 atom stereocenters. The van der Waals surface area contributed by atoms with Crippen LogP contribution in [0.4, 0.5) is 16.2 Å². The molecule has 2 unspecified atom stereocenters. The topological polar surface area (TPSA) is 115 Å². The highest BCUT2D eigenvalue weighted by Gasteiger charge is 2.33. The summed E-state index contributed by atoms with van der Waals surface area (Å²) in [5, 5.41) is 6.29. The first-order valence-electron chi connectivity index (χ1n) is 11.8. The molecule has 1 saturated heterocycles. The molecule has 0 radical (unpaired) electrons. The molecule has 0 bridgehead atoms. The lowest BCUT2D eigenvalue weighted by Gasteiger charge is -2.20. The van der Waals surface area contributed by atoms with Gasteiger partial charge in [-0.2, -0.15) is 0 Å². The number of benzene rings is 1. The molecule has 11 heteroatoms. The van der Waals surface area contributed by atoms with Crippen LogP contribution in [0.25, 0.3) is 11.0 Å². The van der Waals surface area contributed by atoms with Gasteiger partial charge in [0, 0.05) is 34.7 Å². The van der Waals surface area contributed by atoms with E-state index in [4.69, 9.17) is 14.2 Å². The summed E-state index contributed by atoms with van der Waals surface area (Å²) in [6.07, 6.45) is 1.96. The van der Waals surface area contributed by atoms with Crippen LogP contribution in [-0.4, -0.2) is 67.2 Å². The molecular formula is C25H25N5O5S. The van der Waals surface area contributed by atoms with Crippen LogP contribution in [0.15, 0.2) is 41.4 Å². The fourth-order valence-electron chi connectivity index (χ4n) is 4.79. The maximum absolute atomic E-state index is 12.5. The van der Waals surface area contributed by atoms with Crippen molar-refractivity contribution in [3.8, 4) is 11.6 Å². The number of hydrogen-bond donors (Lipinski definition) is 2. The predicted octanol–water partition coefficient (Wildman–Crippen LogP) is 3.16. The summed E-state index contributed by atoms with van der Waals surface area (Å²) >= 11 is 1.49. The first-order valence-corrected chi connectivity index (χ1v) is 12.8. The summed E-state index contributed by atoms with van der Waals surface area (Å²) in [4.78, 5) is 35.9. The van der Waals surface area contributed by atoms with Crippen LogP contribution in [0, 0.1) is 0 Å². The van der Waals surface area contributed by atoms with E-state index >= 15 is 0 Å². The van der Waals surface area contributed by atoms with Crippen molar-refractivity contribution in [3.05, 3.63) is 42.1 Å². The molecule has 3 aromatic rings. The van der Waals surface area contributed by atoms with Gasteiger partial charge in [-0.1, -0.05) is 0 Å². The molecule has 6 rings (SSSR count). The van der Waals surface area contributed by atoms with Crippen LogP contribution in [0.5, 0.6) is 11.6 Å². The molecular weight excluding hydrogens is 482 g/mol. The van der Waals surface area contributed by atoms with E-state index in [-0.39, 0.29) is 24.0 Å². The molecule has 2 N–H and O–H groups in total. The Kier molecular flexibility index (Phi) is 6.02. The average Bonchev–Trinajstić information content (AvgIpc) is 3.49. The Balaban J connectivity index is 1.05. The highest BCUT2D eigenvalue weighted by atomic mass is 32.2. The molecule has 1 fully saturated rings. The zero-order valence-electron chi connectivity index (χ0n) is 19.7. The van der Waals surface area contributed by atoms with E-state index in [1.807, 2.05) is 24.3 Å². The monoisotopic (exact) mass is 507 g/mol. The second-order valence-electron chi connectivity index (χ2n) is 8.89. The van der Waals surface area contributed by atoms with Gasteiger partial charge in [-0.3, -0.25) is 14.7 Å². The number of nitrogens with zero attached hydrogens (tertiary/aromatic N) is 3. The van der Waals surface area contributed by atoms with E-state index < -0.39 is 0 Å². The largest absolute Gasteiger partial charge is 0.491 e. The minimum Gasteiger partial charge on any atom is -0.491 e. The van der Waals surface area contributed by atoms with Crippen molar-refractivity contribution in [1.29, 1.82) is 0 Å². The van der Waals surface area contributed by atoms with Crippen LogP contribution < -0.4 is 25.0 Å². The number of fused-ring (bicyclic) bond motifs is 4. The van der Waals surface area contributed by atoms with Gasteiger partial charge in [0.1, 0.15) is 17.4 Å². The number of carbonyl (C=O) groups excluding carboxylic acids is 2. The molecule has 10 nitrogen and oxygen atoms in total. The van der Waals surface area contributed by atoms with E-state index in [1.54, 1.807) is 24.3 Å². The van der Waals surface area contributed by atoms with E-state index in [0.717, 1.165) is 45.9 Å². The van der Waals surface area contributed by atoms with Gasteiger partial charge in [-0.15, -0.1) is 11.8 Å². The third-order valence-corrected chi connectivity index (χ3v) is 7.64. The van der Waals surface area contributed by atoms with Crippen LogP contribution in [0.2, 0.25) is 0 Å². The lowest BCUT2D eigenvalue weighted by Crippen LogP contribution is -2.32. The molecule has 3 aliphatic heterocycles. The summed E-state index contributed by atoms with van der Waals surface area (Å²) in [7, 11) is 1.60. The first kappa shape index (κ1) is 22.9. The van der Waals surface area contributed by atoms with Crippen LogP contribution in [0.3, 0.4) is 0 Å². The number of hydrogen-bond acceptors (Lipinski definition) is 9. The van der Waals surface area contributed by atoms with Crippen LogP contribution in [-0.2, 0) is 9.53 Å². The Morgan fingerprint density at radius 1 is 1.28 bits per heavy atom. The minimum atomic E-state index is -0.381. The highest BCUT2D eigenvalue weighted by molar-refractivity contribution is 8.00. The smallest absolute Gasteiger partial charge is 0.414 e. The SMILES string of the molecule is COc1ccc2ncc3c(c2n1)C(CCNCC1CN(c2ccc4c(c2)NC(=O)CS4)C(=O)O1)CO3. The number of methoxy groups -OCH3 is 1. The molecule has 0 aliphatic carbocycles. The zero-order valence-corrected chi connectivity index (χ0v) is 20.5. The average molecular weight is 508 g/mol. The number of thioether (sulfide) groups is 1. The molecule has 186 valence electrons. The van der Waals surface area contributed by atoms with E-state index in [2.05, 4.69) is 20.6 Å². The summed E-state index contributed by atoms with van der Waals surface area (Å²) in [5.41, 5.74) is 4.15. The lowest BCUT2D eigenvalue weighted by atomic mass is 9.97. The van der Waals surface area contributed by atoms with Crippen molar-refractivity contribution in [2.24, 2.45) is 0 Å². The number of ether oxygens (including phenoxy) is 3. The molecule has 5 heterocycles. The van der Waals surface area contributed by atoms with Crippen molar-refractivity contribution in [3.63, 3.8) is 0 Å². The molecule has 2 amide bonds. The Hall–Kier alpha value is -3.57. The van der Waals surface area contributed by atoms with Gasteiger partial charge in [-0.05, 0) is 37.2 Å². The van der Waals surface area contributed by atoms with Gasteiger partial charge in [-0.25, -0.2) is 9.78 Å². The second-order valence-corrected chi connectivity index (χ2v) is 9.91. The number of aromatic nitrogens is 2. The number of pyridine rings is 2. The number of cyclic esters (lactones) is 1. The fourth-order valence-corrected chi connectivity index (χ4v) is 5.58. The van der Waals surface area contributed by atoms with Crippen LogP contribution in [0.1, 0.15) is 17.9 Å². The highest BCUT2D eigenvalue weighted by Crippen LogP contribution is 2.40. The number of amides is 2. The molecule has 0 saturated carbocycles. The van der Waals surface area contributed by atoms with Crippen molar-refractivity contribution in [2.45, 2.75) is 23.3 Å². The fraction of sp³-hybridized carbons (Fsp3) is 0.360. The Labute approximate surface area is 211 Å². The van der Waals surface area contributed by atoms with E-state index in [1.165, 1.54) is 11.8 Å². The van der Waals surface area contributed by atoms with Crippen LogP contribution >= 0.6 is 11.8 Å². The molecule has 1 aromatic carbocycles. The third-order valence-electron chi connectivity index (χ3n) is 6.57. The van der Waals surface area contributed by atoms with Crippen molar-refractivity contribution < 1.29 is 23.8 Å². The molecule has 2 aromatic heterocycles. The standard InChI is InChI=1S/C25H25N5O5S/c1-33-22-5-3-17-24(29-22)23-14(12-34-19(23)10-27-17)6-7-26-9-16-11-30(25(32)35-16)15-2-4-20-18(8-15)28-21(31)13-36-20/h2-5,8,10,14,16,26H,6-7,9,11-13H2,1H3,(H,28,31). The summed E-state index contributed by atoms with van der Waals surface area (Å²) < 4.78 is 16.7. The molecule has 3 aliphatic rings. The Morgan fingerprint density at radius 3 is 3.08 bits per heavy atom. The Bertz CT molecular complexity index is 1350. The van der Waals surface area contributed by atoms with Crippen molar-refractivity contribution in [1.82, 2.24) is 15.3 Å². The quantitative estimate of drug-likeness (QED) is 0.465.